The number of hydrogen-bond acceptors (Lipinski definition) is 7. The molecule has 1 heterocycles. The lowest BCUT2D eigenvalue weighted by molar-refractivity contribution is -0.144. The van der Waals surface area contributed by atoms with Crippen LogP contribution in [0.5, 0.6) is 0 Å². The van der Waals surface area contributed by atoms with Crippen molar-refractivity contribution in [3.05, 3.63) is 0 Å². The number of nitrogens with zero attached hydrogens (tertiary/aromatic N) is 2. The summed E-state index contributed by atoms with van der Waals surface area (Å²) < 4.78 is 0. The van der Waals surface area contributed by atoms with E-state index >= 15 is 0 Å². The van der Waals surface area contributed by atoms with Crippen LogP contribution in [0.3, 0.4) is 0 Å². The van der Waals surface area contributed by atoms with Crippen molar-refractivity contribution in [2.24, 2.45) is 34.0 Å². The summed E-state index contributed by atoms with van der Waals surface area (Å²) in [5.41, 5.74) is 16.2. The number of likely N-dealkylation sites (tertiary alicyclic amines) is 1. The van der Waals surface area contributed by atoms with Crippen molar-refractivity contribution in [2.75, 3.05) is 19.6 Å². The Bertz CT molecular complexity index is 858. The molecule has 0 aliphatic carbocycles. The van der Waals surface area contributed by atoms with Crippen LogP contribution in [-0.4, -0.2) is 89.4 Å². The van der Waals surface area contributed by atoms with E-state index in [1.54, 1.807) is 27.7 Å². The van der Waals surface area contributed by atoms with Gasteiger partial charge in [-0.05, 0) is 37.5 Å². The summed E-state index contributed by atoms with van der Waals surface area (Å²) in [6.07, 6.45) is 1.56. The molecule has 0 radical (unpaired) electrons. The number of amides is 4. The van der Waals surface area contributed by atoms with Crippen LogP contribution < -0.4 is 33.2 Å². The largest absolute Gasteiger partial charge is 0.480 e. The molecule has 4 amide bonds. The zero-order valence-corrected chi connectivity index (χ0v) is 22.0. The van der Waals surface area contributed by atoms with Gasteiger partial charge in [0, 0.05) is 13.1 Å². The van der Waals surface area contributed by atoms with Crippen LogP contribution >= 0.6 is 0 Å². The Morgan fingerprint density at radius 2 is 1.57 bits per heavy atom. The minimum absolute atomic E-state index is 0.110. The first-order chi connectivity index (χ1) is 17.3. The van der Waals surface area contributed by atoms with Crippen molar-refractivity contribution >= 4 is 35.6 Å². The van der Waals surface area contributed by atoms with Crippen LogP contribution in [0.2, 0.25) is 0 Å². The second-order valence-corrected chi connectivity index (χ2v) is 9.76. The van der Waals surface area contributed by atoms with Crippen LogP contribution in [-0.2, 0) is 24.0 Å². The first kappa shape index (κ1) is 31.6. The van der Waals surface area contributed by atoms with E-state index in [2.05, 4.69) is 20.9 Å². The molecule has 0 aromatic heterocycles. The molecule has 0 bridgehead atoms. The van der Waals surface area contributed by atoms with Gasteiger partial charge in [0.15, 0.2) is 5.96 Å². The predicted molar refractivity (Wildman–Crippen MR) is 137 cm³/mol. The summed E-state index contributed by atoms with van der Waals surface area (Å²) in [6.45, 7) is 7.11. The number of rotatable bonds is 14. The number of nitrogens with one attached hydrogen (secondary N) is 3. The van der Waals surface area contributed by atoms with Crippen molar-refractivity contribution in [2.45, 2.75) is 77.5 Å². The number of nitrogens with two attached hydrogens (primary N) is 3. The van der Waals surface area contributed by atoms with Gasteiger partial charge in [-0.25, -0.2) is 4.79 Å². The molecule has 1 saturated heterocycles. The SMILES string of the molecule is CC(C)C(NC(=O)C(NC(=O)C(CCCN=C(N)N)NC(=O)C1CCCN1C(=O)CN)C(C)C)C(=O)O. The Kier molecular flexibility index (Phi) is 12.8. The van der Waals surface area contributed by atoms with Crippen molar-refractivity contribution in [3.8, 4) is 0 Å². The maximum absolute atomic E-state index is 13.3. The highest BCUT2D eigenvalue weighted by atomic mass is 16.4. The molecule has 14 nitrogen and oxygen atoms in total. The standard InChI is InChI=1S/C23H42N8O6/c1-12(2)17(21(35)30-18(13(3)4)22(36)37)29-19(33)14(7-5-9-27-23(25)26)28-20(34)15-8-6-10-31(15)16(32)11-24/h12-15,17-18H,5-11,24H2,1-4H3,(H,28,34)(H,29,33)(H,30,35)(H,36,37)(H4,25,26,27). The van der Waals surface area contributed by atoms with Crippen molar-refractivity contribution < 1.29 is 29.1 Å². The van der Waals surface area contributed by atoms with Crippen LogP contribution in [0.25, 0.3) is 0 Å². The van der Waals surface area contributed by atoms with Crippen LogP contribution in [0, 0.1) is 11.8 Å². The maximum atomic E-state index is 13.3. The summed E-state index contributed by atoms with van der Waals surface area (Å²) in [4.78, 5) is 68.1. The van der Waals surface area contributed by atoms with Gasteiger partial charge < -0.3 is 43.2 Å². The Hall–Kier alpha value is -3.42. The van der Waals surface area contributed by atoms with Crippen LogP contribution in [0.15, 0.2) is 4.99 Å². The Morgan fingerprint density at radius 1 is 0.973 bits per heavy atom. The zero-order chi connectivity index (χ0) is 28.3. The number of guanidine groups is 1. The smallest absolute Gasteiger partial charge is 0.326 e. The first-order valence-corrected chi connectivity index (χ1v) is 12.5. The number of carboxylic acids is 1. The molecule has 1 aliphatic heterocycles. The number of aliphatic carboxylic acids is 1. The molecule has 4 unspecified atom stereocenters. The molecular weight excluding hydrogens is 484 g/mol. The highest BCUT2D eigenvalue weighted by Gasteiger charge is 2.36. The number of aliphatic imine (C=N–C) groups is 1. The van der Waals surface area contributed by atoms with Gasteiger partial charge in [0.25, 0.3) is 0 Å². The van der Waals surface area contributed by atoms with Gasteiger partial charge in [-0.3, -0.25) is 24.2 Å². The summed E-state index contributed by atoms with van der Waals surface area (Å²) in [5.74, 6) is -4.19. The van der Waals surface area contributed by atoms with E-state index in [0.717, 1.165) is 0 Å². The summed E-state index contributed by atoms with van der Waals surface area (Å²) in [5, 5.41) is 17.2. The predicted octanol–water partition coefficient (Wildman–Crippen LogP) is -2.16. The molecule has 0 spiro atoms. The number of hydrogen-bond donors (Lipinski definition) is 7. The van der Waals surface area contributed by atoms with Crippen LogP contribution in [0.1, 0.15) is 53.4 Å². The van der Waals surface area contributed by atoms with Gasteiger partial charge in [-0.1, -0.05) is 27.7 Å². The molecular formula is C23H42N8O6. The van der Waals surface area contributed by atoms with E-state index in [1.165, 1.54) is 4.90 Å². The monoisotopic (exact) mass is 526 g/mol. The van der Waals surface area contributed by atoms with Gasteiger partial charge >= 0.3 is 5.97 Å². The highest BCUT2D eigenvalue weighted by Crippen LogP contribution is 2.18. The third-order valence-electron chi connectivity index (χ3n) is 6.11. The molecule has 0 aromatic carbocycles. The molecule has 4 atom stereocenters. The van der Waals surface area contributed by atoms with E-state index in [4.69, 9.17) is 17.2 Å². The average molecular weight is 527 g/mol. The average Bonchev–Trinajstić information content (AvgIpc) is 3.31. The molecule has 10 N–H and O–H groups in total. The molecule has 1 rings (SSSR count). The maximum Gasteiger partial charge on any atom is 0.326 e. The number of carbonyl (C=O) groups is 5. The molecule has 14 heteroatoms. The Morgan fingerprint density at radius 3 is 2.08 bits per heavy atom. The molecule has 0 saturated carbocycles. The van der Waals surface area contributed by atoms with Crippen LogP contribution in [0.4, 0.5) is 0 Å². The van der Waals surface area contributed by atoms with E-state index in [1.807, 2.05) is 0 Å². The van der Waals surface area contributed by atoms with Crippen molar-refractivity contribution in [1.82, 2.24) is 20.9 Å². The summed E-state index contributed by atoms with van der Waals surface area (Å²) in [7, 11) is 0. The second-order valence-electron chi connectivity index (χ2n) is 9.76. The fourth-order valence-electron chi connectivity index (χ4n) is 4.04. The summed E-state index contributed by atoms with van der Waals surface area (Å²) in [6, 6.07) is -3.98. The minimum atomic E-state index is -1.19. The van der Waals surface area contributed by atoms with E-state index in [9.17, 15) is 29.1 Å². The normalized spacial score (nSPS) is 17.6. The van der Waals surface area contributed by atoms with E-state index in [-0.39, 0.29) is 43.2 Å². The number of carboxylic acid groups (broad SMARTS) is 1. The third kappa shape index (κ3) is 9.86. The van der Waals surface area contributed by atoms with Crippen molar-refractivity contribution in [1.29, 1.82) is 0 Å². The molecule has 1 fully saturated rings. The van der Waals surface area contributed by atoms with Gasteiger partial charge in [0.05, 0.1) is 6.54 Å². The number of carbonyl (C=O) groups excluding carboxylic acids is 4. The Labute approximate surface area is 217 Å². The van der Waals surface area contributed by atoms with Gasteiger partial charge in [0.2, 0.25) is 23.6 Å². The molecule has 0 aromatic rings. The quantitative estimate of drug-likeness (QED) is 0.0740. The van der Waals surface area contributed by atoms with E-state index < -0.39 is 47.9 Å². The zero-order valence-electron chi connectivity index (χ0n) is 22.0. The van der Waals surface area contributed by atoms with E-state index in [0.29, 0.717) is 25.8 Å². The molecule has 37 heavy (non-hydrogen) atoms. The fraction of sp³-hybridized carbons (Fsp3) is 0.739. The van der Waals surface area contributed by atoms with Gasteiger partial charge in [-0.2, -0.15) is 0 Å². The molecule has 210 valence electrons. The van der Waals surface area contributed by atoms with Crippen molar-refractivity contribution in [3.63, 3.8) is 0 Å². The minimum Gasteiger partial charge on any atom is -0.480 e. The lowest BCUT2D eigenvalue weighted by atomic mass is 9.99. The molecule has 1 aliphatic rings. The topological polar surface area (TPSA) is 235 Å². The Balaban J connectivity index is 3.05. The summed E-state index contributed by atoms with van der Waals surface area (Å²) >= 11 is 0. The lowest BCUT2D eigenvalue weighted by Crippen LogP contribution is -2.59. The lowest BCUT2D eigenvalue weighted by Gasteiger charge is -2.29. The van der Waals surface area contributed by atoms with Gasteiger partial charge in [0.1, 0.15) is 24.2 Å². The second kappa shape index (κ2) is 15.0. The highest BCUT2D eigenvalue weighted by molar-refractivity contribution is 5.95. The van der Waals surface area contributed by atoms with Gasteiger partial charge in [-0.15, -0.1) is 0 Å². The first-order valence-electron chi connectivity index (χ1n) is 12.5. The fourth-order valence-corrected chi connectivity index (χ4v) is 4.04. The third-order valence-corrected chi connectivity index (χ3v) is 6.11.